The van der Waals surface area contributed by atoms with E-state index in [2.05, 4.69) is 39.8 Å². The third kappa shape index (κ3) is 3.45. The van der Waals surface area contributed by atoms with Crippen LogP contribution in [0.15, 0.2) is 10.9 Å². The Balaban J connectivity index is 1.50. The first-order valence-corrected chi connectivity index (χ1v) is 13.1. The average molecular weight is 484 g/mol. The van der Waals surface area contributed by atoms with Gasteiger partial charge in [-0.2, -0.15) is 5.26 Å². The number of anilines is 1. The van der Waals surface area contributed by atoms with Crippen molar-refractivity contribution in [1.29, 1.82) is 5.26 Å². The minimum Gasteiger partial charge on any atom is -0.349 e. The molecule has 7 nitrogen and oxygen atoms in total. The van der Waals surface area contributed by atoms with Crippen LogP contribution >= 0.6 is 34.0 Å². The lowest BCUT2D eigenvalue weighted by molar-refractivity contribution is 0.0980. The third-order valence-electron chi connectivity index (χ3n) is 5.86. The predicted molar refractivity (Wildman–Crippen MR) is 131 cm³/mol. The van der Waals surface area contributed by atoms with Gasteiger partial charge in [-0.3, -0.25) is 9.59 Å². The maximum Gasteiger partial charge on any atom is 0.259 e. The van der Waals surface area contributed by atoms with E-state index < -0.39 is 5.92 Å². The van der Waals surface area contributed by atoms with Crippen molar-refractivity contribution in [2.24, 2.45) is 0 Å². The summed E-state index contributed by atoms with van der Waals surface area (Å²) < 4.78 is 0.930. The number of rotatable bonds is 6. The first kappa shape index (κ1) is 21.2. The highest BCUT2D eigenvalue weighted by Crippen LogP contribution is 2.37. The molecule has 0 spiro atoms. The zero-order valence-electron chi connectivity index (χ0n) is 17.7. The van der Waals surface area contributed by atoms with Crippen molar-refractivity contribution in [3.63, 3.8) is 0 Å². The number of thiazole rings is 1. The van der Waals surface area contributed by atoms with Crippen LogP contribution in [0.4, 0.5) is 5.13 Å². The number of nitrogens with one attached hydrogen (secondary N) is 1. The summed E-state index contributed by atoms with van der Waals surface area (Å²) in [6, 6.07) is 3.86. The average Bonchev–Trinajstić information content (AvgIpc) is 3.46. The molecular weight excluding hydrogens is 462 g/mol. The van der Waals surface area contributed by atoms with Crippen LogP contribution in [0.1, 0.15) is 58.5 Å². The standard InChI is InChI=1S/C22H21N5O2S3/c1-3-27(4-2)22-26-20-15(32-22)9-14(31-20)17(28)12(10-23)18-24-19(29)16-11-7-5-6-8-13(11)30-21(16)25-18/h9,12H,3-8H2,1-2H3,(H,24,25,29). The van der Waals surface area contributed by atoms with Gasteiger partial charge in [-0.05, 0) is 51.2 Å². The number of aromatic amines is 1. The van der Waals surface area contributed by atoms with Crippen LogP contribution in [0.5, 0.6) is 0 Å². The highest BCUT2D eigenvalue weighted by atomic mass is 32.1. The van der Waals surface area contributed by atoms with Gasteiger partial charge in [0.05, 0.1) is 21.0 Å². The normalized spacial score (nSPS) is 14.4. The molecule has 0 fully saturated rings. The quantitative estimate of drug-likeness (QED) is 0.393. The zero-order valence-corrected chi connectivity index (χ0v) is 20.2. The van der Waals surface area contributed by atoms with Gasteiger partial charge in [0, 0.05) is 18.0 Å². The summed E-state index contributed by atoms with van der Waals surface area (Å²) in [6.45, 7) is 5.90. The number of nitriles is 1. The summed E-state index contributed by atoms with van der Waals surface area (Å²) in [6.07, 6.45) is 4.02. The van der Waals surface area contributed by atoms with Crippen LogP contribution in [0.2, 0.25) is 0 Å². The minimum absolute atomic E-state index is 0.127. The first-order valence-electron chi connectivity index (χ1n) is 10.7. The number of ketones is 1. The molecule has 5 rings (SSSR count). The van der Waals surface area contributed by atoms with Crippen molar-refractivity contribution >= 4 is 64.7 Å². The van der Waals surface area contributed by atoms with Crippen LogP contribution in [0.3, 0.4) is 0 Å². The fourth-order valence-corrected chi connectivity index (χ4v) is 7.76. The Morgan fingerprint density at radius 1 is 1.19 bits per heavy atom. The molecule has 164 valence electrons. The summed E-state index contributed by atoms with van der Waals surface area (Å²) in [4.78, 5) is 43.3. The van der Waals surface area contributed by atoms with E-state index in [1.165, 1.54) is 27.6 Å². The van der Waals surface area contributed by atoms with E-state index in [1.807, 2.05) is 0 Å². The van der Waals surface area contributed by atoms with Crippen LogP contribution in [-0.2, 0) is 12.8 Å². The second-order valence-corrected chi connectivity index (χ2v) is 10.8. The predicted octanol–water partition coefficient (Wildman–Crippen LogP) is 4.87. The van der Waals surface area contributed by atoms with Gasteiger partial charge < -0.3 is 9.88 Å². The summed E-state index contributed by atoms with van der Waals surface area (Å²) in [7, 11) is 0. The molecule has 0 bridgehead atoms. The molecule has 0 radical (unpaired) electrons. The van der Waals surface area contributed by atoms with Crippen molar-refractivity contribution in [2.75, 3.05) is 18.0 Å². The van der Waals surface area contributed by atoms with Crippen molar-refractivity contribution in [3.05, 3.63) is 37.6 Å². The Bertz CT molecular complexity index is 1400. The summed E-state index contributed by atoms with van der Waals surface area (Å²) in [5.41, 5.74) is 0.833. The Labute approximate surface area is 196 Å². The van der Waals surface area contributed by atoms with E-state index in [0.717, 1.165) is 59.0 Å². The van der Waals surface area contributed by atoms with Crippen LogP contribution in [0.25, 0.3) is 19.7 Å². The molecule has 1 unspecified atom stereocenters. The van der Waals surface area contributed by atoms with Crippen LogP contribution in [0, 0.1) is 11.3 Å². The molecule has 1 N–H and O–H groups in total. The van der Waals surface area contributed by atoms with Gasteiger partial charge >= 0.3 is 0 Å². The number of hydrogen-bond donors (Lipinski definition) is 1. The van der Waals surface area contributed by atoms with Crippen LogP contribution in [-0.4, -0.2) is 33.8 Å². The van der Waals surface area contributed by atoms with E-state index in [9.17, 15) is 14.9 Å². The molecule has 32 heavy (non-hydrogen) atoms. The van der Waals surface area contributed by atoms with Gasteiger partial charge in [0.1, 0.15) is 15.5 Å². The van der Waals surface area contributed by atoms with E-state index >= 15 is 0 Å². The first-order chi connectivity index (χ1) is 15.5. The van der Waals surface area contributed by atoms with E-state index in [1.54, 1.807) is 17.4 Å². The Morgan fingerprint density at radius 3 is 2.69 bits per heavy atom. The lowest BCUT2D eigenvalue weighted by atomic mass is 9.97. The van der Waals surface area contributed by atoms with E-state index in [4.69, 9.17) is 0 Å². The molecular formula is C22H21N5O2S3. The lowest BCUT2D eigenvalue weighted by Gasteiger charge is -2.16. The number of nitrogens with zero attached hydrogens (tertiary/aromatic N) is 4. The summed E-state index contributed by atoms with van der Waals surface area (Å²) in [5.74, 6) is -1.38. The van der Waals surface area contributed by atoms with E-state index in [-0.39, 0.29) is 17.2 Å². The topological polar surface area (TPSA) is 103 Å². The van der Waals surface area contributed by atoms with Gasteiger partial charge in [0.2, 0.25) is 0 Å². The largest absolute Gasteiger partial charge is 0.349 e. The van der Waals surface area contributed by atoms with Gasteiger partial charge in [0.25, 0.3) is 5.56 Å². The number of fused-ring (bicyclic) bond motifs is 4. The highest BCUT2D eigenvalue weighted by molar-refractivity contribution is 7.29. The SMILES string of the molecule is CCN(CC)c1nc2sc(C(=O)C(C#N)c3nc4sc5c(c4c(=O)[nH]3)CCCC5)cc2s1. The number of H-pyrrole nitrogens is 1. The molecule has 0 saturated carbocycles. The van der Waals surface area contributed by atoms with Gasteiger partial charge in [0.15, 0.2) is 16.8 Å². The molecule has 4 heterocycles. The molecule has 4 aromatic rings. The number of Topliss-reactive ketones (excluding diaryl/α,β-unsaturated/α-hetero) is 1. The second kappa shape index (κ2) is 8.39. The molecule has 1 atom stereocenters. The number of aryl methyl sites for hydroxylation is 2. The maximum absolute atomic E-state index is 13.2. The van der Waals surface area contributed by atoms with E-state index in [0.29, 0.717) is 15.1 Å². The van der Waals surface area contributed by atoms with Crippen molar-refractivity contribution in [1.82, 2.24) is 15.0 Å². The molecule has 0 amide bonds. The summed E-state index contributed by atoms with van der Waals surface area (Å²) in [5, 5.41) is 11.4. The smallest absolute Gasteiger partial charge is 0.259 e. The third-order valence-corrected chi connectivity index (χ3v) is 9.28. The highest BCUT2D eigenvalue weighted by Gasteiger charge is 2.29. The van der Waals surface area contributed by atoms with Crippen LogP contribution < -0.4 is 10.5 Å². The molecule has 0 saturated heterocycles. The van der Waals surface area contributed by atoms with Crippen molar-refractivity contribution in [2.45, 2.75) is 45.4 Å². The maximum atomic E-state index is 13.2. The van der Waals surface area contributed by atoms with Gasteiger partial charge in [-0.15, -0.1) is 22.7 Å². The minimum atomic E-state index is -1.15. The number of carbonyl (C=O) groups is 1. The number of aromatic nitrogens is 3. The van der Waals surface area contributed by atoms with Crippen molar-refractivity contribution < 1.29 is 4.79 Å². The molecule has 4 aromatic heterocycles. The molecule has 10 heteroatoms. The van der Waals surface area contributed by atoms with Gasteiger partial charge in [-0.25, -0.2) is 9.97 Å². The molecule has 0 aliphatic heterocycles. The monoisotopic (exact) mass is 483 g/mol. The number of carbonyl (C=O) groups excluding carboxylic acids is 1. The fraction of sp³-hybridized carbons (Fsp3) is 0.409. The number of thiophene rings is 2. The molecule has 1 aliphatic carbocycles. The molecule has 0 aromatic carbocycles. The number of hydrogen-bond acceptors (Lipinski definition) is 9. The molecule has 1 aliphatic rings. The lowest BCUT2D eigenvalue weighted by Crippen LogP contribution is -2.21. The van der Waals surface area contributed by atoms with Crippen molar-refractivity contribution in [3.8, 4) is 6.07 Å². The summed E-state index contributed by atoms with van der Waals surface area (Å²) >= 11 is 4.35. The fourth-order valence-electron chi connectivity index (χ4n) is 4.18. The Kier molecular flexibility index (Phi) is 5.57. The Hall–Kier alpha value is -2.61. The zero-order chi connectivity index (χ0) is 22.4. The second-order valence-electron chi connectivity index (χ2n) is 7.72. The van der Waals surface area contributed by atoms with Gasteiger partial charge in [-0.1, -0.05) is 11.3 Å². The Morgan fingerprint density at radius 2 is 1.97 bits per heavy atom.